The van der Waals surface area contributed by atoms with Crippen molar-refractivity contribution < 1.29 is 9.47 Å². The van der Waals surface area contributed by atoms with Crippen molar-refractivity contribution in [1.29, 1.82) is 0 Å². The molecule has 1 rings (SSSR count). The van der Waals surface area contributed by atoms with Crippen LogP contribution in [0.25, 0.3) is 0 Å². The van der Waals surface area contributed by atoms with Gasteiger partial charge in [-0.05, 0) is 52.0 Å². The molecule has 0 aromatic carbocycles. The molecule has 0 atom stereocenters. The molecule has 0 bridgehead atoms. The van der Waals surface area contributed by atoms with Crippen LogP contribution in [0.4, 0.5) is 0 Å². The first-order valence-corrected chi connectivity index (χ1v) is 6.79. The van der Waals surface area contributed by atoms with Crippen LogP contribution < -0.4 is 0 Å². The third kappa shape index (κ3) is 6.18. The summed E-state index contributed by atoms with van der Waals surface area (Å²) in [7, 11) is 0. The van der Waals surface area contributed by atoms with Gasteiger partial charge in [0.2, 0.25) is 0 Å². The molecular formula is C16H26O2. The van der Waals surface area contributed by atoms with Gasteiger partial charge in [0, 0.05) is 0 Å². The van der Waals surface area contributed by atoms with Crippen molar-refractivity contribution in [1.82, 2.24) is 0 Å². The van der Waals surface area contributed by atoms with Crippen LogP contribution in [0.1, 0.15) is 46.5 Å². The molecule has 0 radical (unpaired) electrons. The fourth-order valence-corrected chi connectivity index (χ4v) is 1.91. The van der Waals surface area contributed by atoms with Crippen molar-refractivity contribution in [3.63, 3.8) is 0 Å². The maximum atomic E-state index is 5.41. The van der Waals surface area contributed by atoms with E-state index >= 15 is 0 Å². The third-order valence-electron chi connectivity index (χ3n) is 3.00. The first-order chi connectivity index (χ1) is 8.59. The van der Waals surface area contributed by atoms with Crippen LogP contribution in [0.2, 0.25) is 0 Å². The van der Waals surface area contributed by atoms with E-state index in [-0.39, 0.29) is 6.29 Å². The monoisotopic (exact) mass is 250 g/mol. The smallest absolute Gasteiger partial charge is 0.179 e. The topological polar surface area (TPSA) is 18.5 Å². The van der Waals surface area contributed by atoms with E-state index in [0.717, 1.165) is 31.3 Å². The van der Waals surface area contributed by atoms with Crippen molar-refractivity contribution >= 4 is 0 Å². The number of hydrogen-bond acceptors (Lipinski definition) is 2. The molecule has 1 fully saturated rings. The highest BCUT2D eigenvalue weighted by atomic mass is 16.7. The van der Waals surface area contributed by atoms with Crippen LogP contribution in [0.5, 0.6) is 0 Å². The Labute approximate surface area is 111 Å². The van der Waals surface area contributed by atoms with E-state index in [4.69, 9.17) is 9.47 Å². The summed E-state index contributed by atoms with van der Waals surface area (Å²) in [5.74, 6) is 0. The Morgan fingerprint density at radius 3 is 2.28 bits per heavy atom. The number of hydrogen-bond donors (Lipinski definition) is 0. The summed E-state index contributed by atoms with van der Waals surface area (Å²) in [6.45, 7) is 11.9. The second-order valence-electron chi connectivity index (χ2n) is 5.14. The summed E-state index contributed by atoms with van der Waals surface area (Å²) in [5.41, 5.74) is 3.90. The minimum Gasteiger partial charge on any atom is -0.346 e. The lowest BCUT2D eigenvalue weighted by molar-refractivity contribution is -0.0129. The Morgan fingerprint density at radius 1 is 1.06 bits per heavy atom. The van der Waals surface area contributed by atoms with Gasteiger partial charge in [0.05, 0.1) is 13.2 Å². The molecule has 0 spiro atoms. The summed E-state index contributed by atoms with van der Waals surface area (Å²) < 4.78 is 10.8. The lowest BCUT2D eigenvalue weighted by Gasteiger charge is -2.11. The molecule has 102 valence electrons. The van der Waals surface area contributed by atoms with Crippen LogP contribution in [0, 0.1) is 0 Å². The lowest BCUT2D eigenvalue weighted by atomic mass is 10.1. The molecule has 2 nitrogen and oxygen atoms in total. The second kappa shape index (κ2) is 8.28. The van der Waals surface area contributed by atoms with Crippen LogP contribution in [0.3, 0.4) is 0 Å². The molecule has 0 N–H and O–H groups in total. The molecule has 0 unspecified atom stereocenters. The van der Waals surface area contributed by atoms with Crippen LogP contribution in [0.15, 0.2) is 35.5 Å². The van der Waals surface area contributed by atoms with E-state index in [1.165, 1.54) is 11.1 Å². The lowest BCUT2D eigenvalue weighted by Crippen LogP contribution is -2.10. The molecule has 0 aromatic heterocycles. The Balaban J connectivity index is 2.18. The van der Waals surface area contributed by atoms with Gasteiger partial charge in [-0.15, -0.1) is 0 Å². The molecule has 0 amide bonds. The molecule has 18 heavy (non-hydrogen) atoms. The Hall–Kier alpha value is -0.860. The van der Waals surface area contributed by atoms with E-state index in [2.05, 4.69) is 39.5 Å². The highest BCUT2D eigenvalue weighted by Crippen LogP contribution is 2.18. The van der Waals surface area contributed by atoms with E-state index in [9.17, 15) is 0 Å². The van der Waals surface area contributed by atoms with E-state index in [1.54, 1.807) is 0 Å². The Bertz CT molecular complexity index is 316. The Kier molecular flexibility index (Phi) is 6.99. The third-order valence-corrected chi connectivity index (χ3v) is 3.00. The average Bonchev–Trinajstić information content (AvgIpc) is 2.81. The maximum Gasteiger partial charge on any atom is 0.179 e. The summed E-state index contributed by atoms with van der Waals surface area (Å²) in [5, 5.41) is 0. The van der Waals surface area contributed by atoms with Crippen LogP contribution in [-0.2, 0) is 9.47 Å². The quantitative estimate of drug-likeness (QED) is 0.624. The zero-order valence-electron chi connectivity index (χ0n) is 12.0. The predicted molar refractivity (Wildman–Crippen MR) is 76.5 cm³/mol. The summed E-state index contributed by atoms with van der Waals surface area (Å²) in [6.07, 6.45) is 8.70. The molecule has 1 aliphatic rings. The zero-order chi connectivity index (χ0) is 13.4. The van der Waals surface area contributed by atoms with E-state index in [0.29, 0.717) is 13.2 Å². The highest BCUT2D eigenvalue weighted by Gasteiger charge is 2.18. The van der Waals surface area contributed by atoms with Crippen molar-refractivity contribution in [3.8, 4) is 0 Å². The molecule has 2 heteroatoms. The standard InChI is InChI=1S/C16H26O2/c1-13(2)7-5-8-14(3)9-6-10-15(4)16-17-11-12-18-16/h7,9,16H,4-6,8,10-12H2,1-3H3. The van der Waals surface area contributed by atoms with Gasteiger partial charge in [-0.3, -0.25) is 0 Å². The fraction of sp³-hybridized carbons (Fsp3) is 0.625. The molecule has 1 heterocycles. The SMILES string of the molecule is C=C(CCC=C(C)CCC=C(C)C)C1OCCO1. The van der Waals surface area contributed by atoms with Gasteiger partial charge in [0.1, 0.15) is 0 Å². The molecule has 0 aromatic rings. The first-order valence-electron chi connectivity index (χ1n) is 6.79. The second-order valence-corrected chi connectivity index (χ2v) is 5.14. The predicted octanol–water partition coefficient (Wildman–Crippen LogP) is 4.39. The van der Waals surface area contributed by atoms with Crippen molar-refractivity contribution in [3.05, 3.63) is 35.5 Å². The maximum absolute atomic E-state index is 5.41. The van der Waals surface area contributed by atoms with Gasteiger partial charge in [0.25, 0.3) is 0 Å². The van der Waals surface area contributed by atoms with Crippen molar-refractivity contribution in [2.45, 2.75) is 52.7 Å². The minimum absolute atomic E-state index is 0.163. The Morgan fingerprint density at radius 2 is 1.67 bits per heavy atom. The summed E-state index contributed by atoms with van der Waals surface area (Å²) in [4.78, 5) is 0. The van der Waals surface area contributed by atoms with Gasteiger partial charge in [-0.25, -0.2) is 0 Å². The molecular weight excluding hydrogens is 224 g/mol. The average molecular weight is 250 g/mol. The molecule has 0 saturated carbocycles. The van der Waals surface area contributed by atoms with Gasteiger partial charge < -0.3 is 9.47 Å². The number of ether oxygens (including phenoxy) is 2. The molecule has 1 aliphatic heterocycles. The van der Waals surface area contributed by atoms with Gasteiger partial charge in [-0.2, -0.15) is 0 Å². The van der Waals surface area contributed by atoms with Gasteiger partial charge in [-0.1, -0.05) is 29.9 Å². The van der Waals surface area contributed by atoms with Crippen molar-refractivity contribution in [2.75, 3.05) is 13.2 Å². The van der Waals surface area contributed by atoms with Crippen LogP contribution in [-0.4, -0.2) is 19.5 Å². The molecule has 1 saturated heterocycles. The fourth-order valence-electron chi connectivity index (χ4n) is 1.91. The van der Waals surface area contributed by atoms with E-state index < -0.39 is 0 Å². The first kappa shape index (κ1) is 15.2. The highest BCUT2D eigenvalue weighted by molar-refractivity contribution is 5.06. The summed E-state index contributed by atoms with van der Waals surface area (Å²) in [6, 6.07) is 0. The van der Waals surface area contributed by atoms with Gasteiger partial charge in [0.15, 0.2) is 6.29 Å². The minimum atomic E-state index is -0.163. The largest absolute Gasteiger partial charge is 0.346 e. The summed E-state index contributed by atoms with van der Waals surface area (Å²) >= 11 is 0. The zero-order valence-corrected chi connectivity index (χ0v) is 12.0. The molecule has 0 aliphatic carbocycles. The van der Waals surface area contributed by atoms with Crippen LogP contribution >= 0.6 is 0 Å². The van der Waals surface area contributed by atoms with E-state index in [1.807, 2.05) is 0 Å². The normalized spacial score (nSPS) is 16.9. The van der Waals surface area contributed by atoms with Gasteiger partial charge >= 0.3 is 0 Å². The number of allylic oxidation sites excluding steroid dienone is 4. The van der Waals surface area contributed by atoms with Crippen molar-refractivity contribution in [2.24, 2.45) is 0 Å². The number of rotatable bonds is 7.